The highest BCUT2D eigenvalue weighted by molar-refractivity contribution is 6.02. The standard InChI is InChI=1S/C8H9F3N4O2/c1-2-15-3-4(5(14-15)6(12)16)13-7(17)8(9,10)11/h3H,2H2,1H3,(H2,12,16)(H,13,17). The van der Waals surface area contributed by atoms with Crippen LogP contribution < -0.4 is 11.1 Å². The van der Waals surface area contributed by atoms with Gasteiger partial charge in [0.1, 0.15) is 0 Å². The number of hydrogen-bond donors (Lipinski definition) is 2. The van der Waals surface area contributed by atoms with Gasteiger partial charge >= 0.3 is 12.1 Å². The Bertz CT molecular complexity index is 452. The lowest BCUT2D eigenvalue weighted by Gasteiger charge is -2.06. The fraction of sp³-hybridized carbons (Fsp3) is 0.375. The molecule has 0 aromatic carbocycles. The van der Waals surface area contributed by atoms with Crippen molar-refractivity contribution < 1.29 is 22.8 Å². The first-order chi connectivity index (χ1) is 7.75. The van der Waals surface area contributed by atoms with Crippen molar-refractivity contribution in [3.8, 4) is 0 Å². The van der Waals surface area contributed by atoms with Gasteiger partial charge in [0.2, 0.25) is 0 Å². The van der Waals surface area contributed by atoms with E-state index in [2.05, 4.69) is 5.10 Å². The summed E-state index contributed by atoms with van der Waals surface area (Å²) in [5.74, 6) is -3.20. The highest BCUT2D eigenvalue weighted by Gasteiger charge is 2.39. The lowest BCUT2D eigenvalue weighted by molar-refractivity contribution is -0.167. The van der Waals surface area contributed by atoms with Crippen molar-refractivity contribution in [2.24, 2.45) is 5.73 Å². The summed E-state index contributed by atoms with van der Waals surface area (Å²) >= 11 is 0. The molecule has 1 rings (SSSR count). The zero-order chi connectivity index (χ0) is 13.2. The monoisotopic (exact) mass is 250 g/mol. The molecule has 0 radical (unpaired) electrons. The van der Waals surface area contributed by atoms with E-state index in [9.17, 15) is 22.8 Å². The fourth-order valence-electron chi connectivity index (χ4n) is 1.05. The summed E-state index contributed by atoms with van der Waals surface area (Å²) in [6.07, 6.45) is -3.94. The Balaban J connectivity index is 3.01. The molecule has 1 aromatic rings. The van der Waals surface area contributed by atoms with Gasteiger partial charge in [-0.2, -0.15) is 18.3 Å². The van der Waals surface area contributed by atoms with Crippen molar-refractivity contribution >= 4 is 17.5 Å². The van der Waals surface area contributed by atoms with Crippen LogP contribution in [0, 0.1) is 0 Å². The van der Waals surface area contributed by atoms with Gasteiger partial charge in [-0.1, -0.05) is 0 Å². The molecule has 0 aliphatic carbocycles. The first-order valence-corrected chi connectivity index (χ1v) is 4.51. The number of rotatable bonds is 3. The summed E-state index contributed by atoms with van der Waals surface area (Å²) < 4.78 is 37.2. The predicted octanol–water partition coefficient (Wildman–Crippen LogP) is 0.503. The molecule has 9 heteroatoms. The molecule has 0 aliphatic rings. The second-order valence-corrected chi connectivity index (χ2v) is 3.06. The Labute approximate surface area is 93.6 Å². The molecule has 94 valence electrons. The molecule has 2 amide bonds. The van der Waals surface area contributed by atoms with Crippen molar-refractivity contribution in [2.75, 3.05) is 5.32 Å². The normalized spacial score (nSPS) is 11.3. The van der Waals surface area contributed by atoms with Gasteiger partial charge in [0.05, 0.1) is 5.69 Å². The molecule has 0 saturated carbocycles. The number of amides is 2. The number of anilines is 1. The molecular formula is C8H9F3N4O2. The summed E-state index contributed by atoms with van der Waals surface area (Å²) in [4.78, 5) is 21.6. The number of aryl methyl sites for hydroxylation is 1. The number of hydrogen-bond acceptors (Lipinski definition) is 3. The van der Waals surface area contributed by atoms with Crippen LogP contribution >= 0.6 is 0 Å². The number of halogens is 3. The van der Waals surface area contributed by atoms with Gasteiger partial charge in [-0.05, 0) is 6.92 Å². The number of nitrogens with one attached hydrogen (secondary N) is 1. The first-order valence-electron chi connectivity index (χ1n) is 4.51. The van der Waals surface area contributed by atoms with Gasteiger partial charge in [0.25, 0.3) is 5.91 Å². The summed E-state index contributed by atoms with van der Waals surface area (Å²) in [5.41, 5.74) is 4.15. The Kier molecular flexibility index (Phi) is 3.39. The van der Waals surface area contributed by atoms with Gasteiger partial charge in [0.15, 0.2) is 5.69 Å². The number of nitrogens with two attached hydrogens (primary N) is 1. The summed E-state index contributed by atoms with van der Waals surface area (Å²) in [7, 11) is 0. The average Bonchev–Trinajstić information content (AvgIpc) is 2.59. The summed E-state index contributed by atoms with van der Waals surface area (Å²) in [5, 5.41) is 5.16. The van der Waals surface area contributed by atoms with Crippen LogP contribution in [0.5, 0.6) is 0 Å². The minimum Gasteiger partial charge on any atom is -0.364 e. The lowest BCUT2D eigenvalue weighted by atomic mass is 10.3. The van der Waals surface area contributed by atoms with Gasteiger partial charge in [-0.15, -0.1) is 0 Å². The van der Waals surface area contributed by atoms with Crippen LogP contribution in [0.15, 0.2) is 6.20 Å². The smallest absolute Gasteiger partial charge is 0.364 e. The molecular weight excluding hydrogens is 241 g/mol. The van der Waals surface area contributed by atoms with Crippen LogP contribution in [0.4, 0.5) is 18.9 Å². The molecule has 17 heavy (non-hydrogen) atoms. The third kappa shape index (κ3) is 2.95. The van der Waals surface area contributed by atoms with Crippen LogP contribution in [0.2, 0.25) is 0 Å². The Morgan fingerprint density at radius 2 is 2.12 bits per heavy atom. The highest BCUT2D eigenvalue weighted by Crippen LogP contribution is 2.20. The predicted molar refractivity (Wildman–Crippen MR) is 51.1 cm³/mol. The van der Waals surface area contributed by atoms with Gasteiger partial charge < -0.3 is 11.1 Å². The third-order valence-corrected chi connectivity index (χ3v) is 1.82. The van der Waals surface area contributed by atoms with E-state index in [-0.39, 0.29) is 5.69 Å². The summed E-state index contributed by atoms with van der Waals surface area (Å²) in [6, 6.07) is 0. The Morgan fingerprint density at radius 1 is 1.53 bits per heavy atom. The molecule has 0 unspecified atom stereocenters. The molecule has 1 aromatic heterocycles. The zero-order valence-corrected chi connectivity index (χ0v) is 8.71. The molecule has 0 bridgehead atoms. The van der Waals surface area contributed by atoms with E-state index in [1.807, 2.05) is 0 Å². The SMILES string of the molecule is CCn1cc(NC(=O)C(F)(F)F)c(C(N)=O)n1. The minimum atomic E-state index is -5.04. The maximum absolute atomic E-state index is 12.0. The van der Waals surface area contributed by atoms with E-state index in [0.717, 1.165) is 6.20 Å². The Morgan fingerprint density at radius 3 is 2.53 bits per heavy atom. The van der Waals surface area contributed by atoms with Crippen molar-refractivity contribution in [3.05, 3.63) is 11.9 Å². The molecule has 0 spiro atoms. The largest absolute Gasteiger partial charge is 0.471 e. The number of nitrogens with zero attached hydrogens (tertiary/aromatic N) is 2. The van der Waals surface area contributed by atoms with E-state index in [1.165, 1.54) is 10.00 Å². The number of carbonyl (C=O) groups is 2. The van der Waals surface area contributed by atoms with Crippen LogP contribution in [0.25, 0.3) is 0 Å². The van der Waals surface area contributed by atoms with E-state index < -0.39 is 23.7 Å². The molecule has 0 saturated heterocycles. The number of alkyl halides is 3. The minimum absolute atomic E-state index is 0.322. The number of carbonyl (C=O) groups excluding carboxylic acids is 2. The number of aromatic nitrogens is 2. The molecule has 0 aliphatic heterocycles. The fourth-order valence-corrected chi connectivity index (χ4v) is 1.05. The molecule has 0 atom stereocenters. The maximum Gasteiger partial charge on any atom is 0.471 e. The van der Waals surface area contributed by atoms with E-state index >= 15 is 0 Å². The first kappa shape index (κ1) is 13.0. The average molecular weight is 250 g/mol. The topological polar surface area (TPSA) is 90.0 Å². The second-order valence-electron chi connectivity index (χ2n) is 3.06. The van der Waals surface area contributed by atoms with Crippen LogP contribution in [-0.4, -0.2) is 27.8 Å². The van der Waals surface area contributed by atoms with Crippen molar-refractivity contribution in [1.82, 2.24) is 9.78 Å². The van der Waals surface area contributed by atoms with Crippen LogP contribution in [0.1, 0.15) is 17.4 Å². The maximum atomic E-state index is 12.0. The lowest BCUT2D eigenvalue weighted by Crippen LogP contribution is -2.30. The van der Waals surface area contributed by atoms with E-state index in [0.29, 0.717) is 6.54 Å². The van der Waals surface area contributed by atoms with Gasteiger partial charge in [0, 0.05) is 12.7 Å². The van der Waals surface area contributed by atoms with Crippen LogP contribution in [0.3, 0.4) is 0 Å². The third-order valence-electron chi connectivity index (χ3n) is 1.82. The summed E-state index contributed by atoms with van der Waals surface area (Å²) in [6.45, 7) is 1.98. The van der Waals surface area contributed by atoms with Crippen molar-refractivity contribution in [3.63, 3.8) is 0 Å². The Hall–Kier alpha value is -2.06. The molecule has 6 nitrogen and oxygen atoms in total. The van der Waals surface area contributed by atoms with Crippen molar-refractivity contribution in [2.45, 2.75) is 19.6 Å². The van der Waals surface area contributed by atoms with Gasteiger partial charge in [-0.25, -0.2) is 0 Å². The molecule has 3 N–H and O–H groups in total. The highest BCUT2D eigenvalue weighted by atomic mass is 19.4. The van der Waals surface area contributed by atoms with Gasteiger partial charge in [-0.3, -0.25) is 14.3 Å². The quantitative estimate of drug-likeness (QED) is 0.818. The zero-order valence-electron chi connectivity index (χ0n) is 8.71. The number of primary amides is 1. The van der Waals surface area contributed by atoms with Crippen LogP contribution in [-0.2, 0) is 11.3 Å². The molecule has 0 fully saturated rings. The van der Waals surface area contributed by atoms with Crippen molar-refractivity contribution in [1.29, 1.82) is 0 Å². The molecule has 1 heterocycles. The second kappa shape index (κ2) is 4.44. The van der Waals surface area contributed by atoms with E-state index in [4.69, 9.17) is 5.73 Å². The van der Waals surface area contributed by atoms with E-state index in [1.54, 1.807) is 6.92 Å².